The summed E-state index contributed by atoms with van der Waals surface area (Å²) in [5.41, 5.74) is 1.26. The van der Waals surface area contributed by atoms with Gasteiger partial charge in [0.2, 0.25) is 0 Å². The monoisotopic (exact) mass is 308 g/mol. The summed E-state index contributed by atoms with van der Waals surface area (Å²) in [6.07, 6.45) is 3.14. The van der Waals surface area contributed by atoms with Gasteiger partial charge in [-0.3, -0.25) is 4.90 Å². The molecular formula is C14H17BrN2O. The molecule has 0 unspecified atom stereocenters. The lowest BCUT2D eigenvalue weighted by atomic mass is 10.2. The summed E-state index contributed by atoms with van der Waals surface area (Å²) in [5.74, 6) is 0.855. The van der Waals surface area contributed by atoms with Gasteiger partial charge in [-0.25, -0.2) is 0 Å². The zero-order valence-electron chi connectivity index (χ0n) is 10.5. The van der Waals surface area contributed by atoms with Crippen LogP contribution in [0.3, 0.4) is 0 Å². The molecule has 18 heavy (non-hydrogen) atoms. The maximum Gasteiger partial charge on any atom is 0.133 e. The molecule has 1 aromatic carbocycles. The first-order chi connectivity index (χ1) is 8.74. The second-order valence-electron chi connectivity index (χ2n) is 4.58. The quantitative estimate of drug-likeness (QED) is 0.808. The Kier molecular flexibility index (Phi) is 4.62. The van der Waals surface area contributed by atoms with Crippen LogP contribution in [0.25, 0.3) is 0 Å². The molecule has 1 aliphatic carbocycles. The molecular weight excluding hydrogens is 292 g/mol. The summed E-state index contributed by atoms with van der Waals surface area (Å²) in [6.45, 7) is 1.78. The van der Waals surface area contributed by atoms with E-state index in [1.165, 1.54) is 18.4 Å². The van der Waals surface area contributed by atoms with Gasteiger partial charge in [-0.1, -0.05) is 6.07 Å². The maximum absolute atomic E-state index is 8.70. The Morgan fingerprint density at radius 1 is 1.50 bits per heavy atom. The summed E-state index contributed by atoms with van der Waals surface area (Å²) >= 11 is 3.51. The molecule has 1 aromatic rings. The van der Waals surface area contributed by atoms with Gasteiger partial charge in [0.15, 0.2) is 0 Å². The van der Waals surface area contributed by atoms with E-state index >= 15 is 0 Å². The normalized spacial score (nSPS) is 14.6. The first-order valence-electron chi connectivity index (χ1n) is 6.18. The van der Waals surface area contributed by atoms with Crippen molar-refractivity contribution < 1.29 is 4.74 Å². The molecule has 0 amide bonds. The molecule has 96 valence electrons. The molecule has 0 atom stereocenters. The van der Waals surface area contributed by atoms with Gasteiger partial charge >= 0.3 is 0 Å². The highest BCUT2D eigenvalue weighted by Crippen LogP contribution is 2.30. The molecule has 0 saturated heterocycles. The van der Waals surface area contributed by atoms with E-state index in [0.717, 1.165) is 23.3 Å². The number of nitriles is 1. The van der Waals surface area contributed by atoms with E-state index in [9.17, 15) is 0 Å². The lowest BCUT2D eigenvalue weighted by molar-refractivity contribution is 0.261. The molecule has 1 fully saturated rings. The van der Waals surface area contributed by atoms with Crippen molar-refractivity contribution in [2.75, 3.05) is 13.7 Å². The predicted octanol–water partition coefficient (Wildman–Crippen LogP) is 3.34. The fourth-order valence-electron chi connectivity index (χ4n) is 2.07. The third-order valence-corrected chi connectivity index (χ3v) is 3.80. The number of benzene rings is 1. The average Bonchev–Trinajstić information content (AvgIpc) is 3.19. The molecule has 0 aromatic heterocycles. The minimum absolute atomic E-state index is 0.605. The maximum atomic E-state index is 8.70. The topological polar surface area (TPSA) is 36.3 Å². The van der Waals surface area contributed by atoms with Crippen molar-refractivity contribution in [2.24, 2.45) is 0 Å². The first kappa shape index (κ1) is 13.4. The minimum atomic E-state index is 0.605. The molecule has 4 heteroatoms. The zero-order valence-corrected chi connectivity index (χ0v) is 12.1. The van der Waals surface area contributed by atoms with Crippen molar-refractivity contribution >= 4 is 15.9 Å². The van der Waals surface area contributed by atoms with Crippen LogP contribution in [-0.2, 0) is 6.54 Å². The largest absolute Gasteiger partial charge is 0.496 e. The van der Waals surface area contributed by atoms with Crippen LogP contribution in [0.5, 0.6) is 5.75 Å². The van der Waals surface area contributed by atoms with Crippen molar-refractivity contribution in [1.29, 1.82) is 5.26 Å². The molecule has 0 N–H and O–H groups in total. The average molecular weight is 309 g/mol. The molecule has 0 bridgehead atoms. The predicted molar refractivity (Wildman–Crippen MR) is 74.4 cm³/mol. The van der Waals surface area contributed by atoms with Gasteiger partial charge in [-0.05, 0) is 46.5 Å². The standard InChI is InChI=1S/C14H17BrN2O/c1-18-14-6-3-11(9-13(14)15)10-17(8-2-7-16)12-4-5-12/h3,6,9,12H,2,4-5,8,10H2,1H3. The van der Waals surface area contributed by atoms with Gasteiger partial charge in [-0.2, -0.15) is 5.26 Å². The molecule has 0 heterocycles. The van der Waals surface area contributed by atoms with Crippen molar-refractivity contribution in [3.8, 4) is 11.8 Å². The van der Waals surface area contributed by atoms with E-state index < -0.39 is 0 Å². The van der Waals surface area contributed by atoms with E-state index in [1.807, 2.05) is 6.07 Å². The Balaban J connectivity index is 2.02. The SMILES string of the molecule is COc1ccc(CN(CCC#N)C2CC2)cc1Br. The molecule has 1 saturated carbocycles. The number of nitrogens with zero attached hydrogens (tertiary/aromatic N) is 2. The van der Waals surface area contributed by atoms with Gasteiger partial charge in [0.05, 0.1) is 17.7 Å². The zero-order chi connectivity index (χ0) is 13.0. The Hall–Kier alpha value is -1.05. The van der Waals surface area contributed by atoms with Crippen LogP contribution >= 0.6 is 15.9 Å². The van der Waals surface area contributed by atoms with Crippen molar-refractivity contribution in [3.05, 3.63) is 28.2 Å². The lowest BCUT2D eigenvalue weighted by Gasteiger charge is -2.21. The molecule has 2 rings (SSSR count). The summed E-state index contributed by atoms with van der Waals surface area (Å²) in [6, 6.07) is 9.07. The minimum Gasteiger partial charge on any atom is -0.496 e. The van der Waals surface area contributed by atoms with Gasteiger partial charge in [0, 0.05) is 25.6 Å². The number of methoxy groups -OCH3 is 1. The summed E-state index contributed by atoms with van der Waals surface area (Å²) in [7, 11) is 1.67. The second-order valence-corrected chi connectivity index (χ2v) is 5.43. The fourth-order valence-corrected chi connectivity index (χ4v) is 2.65. The van der Waals surface area contributed by atoms with Gasteiger partial charge in [0.1, 0.15) is 5.75 Å². The van der Waals surface area contributed by atoms with E-state index in [1.54, 1.807) is 7.11 Å². The van der Waals surface area contributed by atoms with Crippen LogP contribution in [-0.4, -0.2) is 24.6 Å². The van der Waals surface area contributed by atoms with Crippen LogP contribution in [0.1, 0.15) is 24.8 Å². The Labute approximate surface area is 116 Å². The third-order valence-electron chi connectivity index (χ3n) is 3.18. The molecule has 0 radical (unpaired) electrons. The Bertz CT molecular complexity index is 452. The number of hydrogen-bond donors (Lipinski definition) is 0. The Morgan fingerprint density at radius 2 is 2.28 bits per heavy atom. The molecule has 3 nitrogen and oxygen atoms in total. The van der Waals surface area contributed by atoms with Gasteiger partial charge in [0.25, 0.3) is 0 Å². The van der Waals surface area contributed by atoms with Crippen molar-refractivity contribution in [2.45, 2.75) is 31.8 Å². The highest BCUT2D eigenvalue weighted by atomic mass is 79.9. The molecule has 0 spiro atoms. The summed E-state index contributed by atoms with van der Waals surface area (Å²) in [5, 5.41) is 8.70. The van der Waals surface area contributed by atoms with Crippen molar-refractivity contribution in [1.82, 2.24) is 4.90 Å². The van der Waals surface area contributed by atoms with Crippen LogP contribution in [0.2, 0.25) is 0 Å². The smallest absolute Gasteiger partial charge is 0.133 e. The van der Waals surface area contributed by atoms with Gasteiger partial charge < -0.3 is 4.74 Å². The van der Waals surface area contributed by atoms with Gasteiger partial charge in [-0.15, -0.1) is 0 Å². The highest BCUT2D eigenvalue weighted by Gasteiger charge is 2.28. The van der Waals surface area contributed by atoms with Crippen LogP contribution in [0.4, 0.5) is 0 Å². The molecule has 0 aliphatic heterocycles. The van der Waals surface area contributed by atoms with E-state index in [0.29, 0.717) is 12.5 Å². The molecule has 1 aliphatic rings. The number of hydrogen-bond acceptors (Lipinski definition) is 3. The van der Waals surface area contributed by atoms with Crippen LogP contribution < -0.4 is 4.74 Å². The highest BCUT2D eigenvalue weighted by molar-refractivity contribution is 9.10. The summed E-state index contributed by atoms with van der Waals surface area (Å²) in [4.78, 5) is 2.40. The lowest BCUT2D eigenvalue weighted by Crippen LogP contribution is -2.26. The van der Waals surface area contributed by atoms with Crippen LogP contribution in [0, 0.1) is 11.3 Å². The van der Waals surface area contributed by atoms with Crippen molar-refractivity contribution in [3.63, 3.8) is 0 Å². The van der Waals surface area contributed by atoms with E-state index in [-0.39, 0.29) is 0 Å². The van der Waals surface area contributed by atoms with E-state index in [4.69, 9.17) is 10.00 Å². The number of ether oxygens (including phenoxy) is 1. The Morgan fingerprint density at radius 3 is 2.83 bits per heavy atom. The first-order valence-corrected chi connectivity index (χ1v) is 6.97. The fraction of sp³-hybridized carbons (Fsp3) is 0.500. The van der Waals surface area contributed by atoms with E-state index in [2.05, 4.69) is 39.0 Å². The van der Waals surface area contributed by atoms with Crippen LogP contribution in [0.15, 0.2) is 22.7 Å². The number of halogens is 1. The third kappa shape index (κ3) is 3.47. The number of rotatable bonds is 6. The second kappa shape index (κ2) is 6.21. The summed E-state index contributed by atoms with van der Waals surface area (Å²) < 4.78 is 6.21.